The molecule has 0 fully saturated rings. The molecule has 2 aromatic rings. The third-order valence-corrected chi connectivity index (χ3v) is 4.66. The molecule has 29 heavy (non-hydrogen) atoms. The maximum Gasteiger partial charge on any atom is 0.273 e. The summed E-state index contributed by atoms with van der Waals surface area (Å²) in [5.41, 5.74) is 11.8. The van der Waals surface area contributed by atoms with Crippen molar-refractivity contribution in [3.8, 4) is 0 Å². The van der Waals surface area contributed by atoms with Gasteiger partial charge in [0, 0.05) is 18.5 Å². The molecule has 2 amide bonds. The number of rotatable bonds is 9. The van der Waals surface area contributed by atoms with Crippen molar-refractivity contribution >= 4 is 35.1 Å². The van der Waals surface area contributed by atoms with Gasteiger partial charge in [-0.1, -0.05) is 29.8 Å². The molecule has 0 saturated heterocycles. The van der Waals surface area contributed by atoms with Crippen LogP contribution in [0, 0.1) is 0 Å². The van der Waals surface area contributed by atoms with Crippen LogP contribution >= 0.6 is 11.6 Å². The van der Waals surface area contributed by atoms with E-state index in [9.17, 15) is 9.59 Å². The Morgan fingerprint density at radius 3 is 2.31 bits per heavy atom. The average Bonchev–Trinajstić information content (AvgIpc) is 2.68. The van der Waals surface area contributed by atoms with Gasteiger partial charge in [0.15, 0.2) is 22.5 Å². The van der Waals surface area contributed by atoms with Crippen LogP contribution in [0.15, 0.2) is 30.3 Å². The zero-order chi connectivity index (χ0) is 21.4. The van der Waals surface area contributed by atoms with Gasteiger partial charge in [0.05, 0.1) is 33.7 Å². The van der Waals surface area contributed by atoms with Crippen LogP contribution in [0.2, 0.25) is 5.15 Å². The summed E-state index contributed by atoms with van der Waals surface area (Å²) >= 11 is 5.80. The number of quaternary nitrogens is 1. The highest BCUT2D eigenvalue weighted by molar-refractivity contribution is 6.31. The first-order valence-corrected chi connectivity index (χ1v) is 9.59. The third-order valence-electron chi connectivity index (χ3n) is 4.38. The molecular formula is C19H27ClN7O2+. The summed E-state index contributed by atoms with van der Waals surface area (Å²) < 4.78 is 0.672. The molecule has 10 heteroatoms. The van der Waals surface area contributed by atoms with E-state index in [-0.39, 0.29) is 28.4 Å². The zero-order valence-electron chi connectivity index (χ0n) is 16.6. The van der Waals surface area contributed by atoms with Crippen molar-refractivity contribution in [2.45, 2.75) is 6.42 Å². The SMILES string of the molecule is C[N+](C)(CCCNC(=O)c1ccccc1)CCNC(=O)c1nc(Cl)c(N)nc1N. The van der Waals surface area contributed by atoms with Crippen LogP contribution in [0.3, 0.4) is 0 Å². The second-order valence-electron chi connectivity index (χ2n) is 7.25. The Labute approximate surface area is 175 Å². The highest BCUT2D eigenvalue weighted by atomic mass is 35.5. The number of carbonyl (C=O) groups excluding carboxylic acids is 2. The summed E-state index contributed by atoms with van der Waals surface area (Å²) in [4.78, 5) is 31.9. The second kappa shape index (κ2) is 10.0. The van der Waals surface area contributed by atoms with Crippen molar-refractivity contribution in [3.05, 3.63) is 46.7 Å². The molecule has 1 aromatic heterocycles. The van der Waals surface area contributed by atoms with E-state index in [4.69, 9.17) is 23.1 Å². The summed E-state index contributed by atoms with van der Waals surface area (Å²) in [6.45, 7) is 2.53. The fourth-order valence-corrected chi connectivity index (χ4v) is 2.80. The lowest BCUT2D eigenvalue weighted by Gasteiger charge is -2.30. The van der Waals surface area contributed by atoms with Crippen LogP contribution in [-0.2, 0) is 0 Å². The molecule has 0 atom stereocenters. The van der Waals surface area contributed by atoms with Gasteiger partial charge in [0.1, 0.15) is 0 Å². The number of nitrogens with zero attached hydrogens (tertiary/aromatic N) is 3. The Hall–Kier alpha value is -2.91. The molecule has 1 heterocycles. The molecule has 1 aromatic carbocycles. The lowest BCUT2D eigenvalue weighted by Crippen LogP contribution is -2.46. The number of nitrogens with one attached hydrogen (secondary N) is 2. The van der Waals surface area contributed by atoms with Gasteiger partial charge in [0.2, 0.25) is 0 Å². The van der Waals surface area contributed by atoms with E-state index >= 15 is 0 Å². The number of hydrogen-bond acceptors (Lipinski definition) is 6. The molecule has 0 saturated carbocycles. The van der Waals surface area contributed by atoms with E-state index in [0.29, 0.717) is 29.7 Å². The fourth-order valence-electron chi connectivity index (χ4n) is 2.68. The number of halogens is 1. The van der Waals surface area contributed by atoms with Crippen LogP contribution in [0.25, 0.3) is 0 Å². The van der Waals surface area contributed by atoms with Crippen LogP contribution < -0.4 is 22.1 Å². The maximum absolute atomic E-state index is 12.2. The van der Waals surface area contributed by atoms with Gasteiger partial charge in [-0.15, -0.1) is 0 Å². The van der Waals surface area contributed by atoms with Crippen molar-refractivity contribution in [2.24, 2.45) is 0 Å². The number of aromatic nitrogens is 2. The molecule has 0 spiro atoms. The number of benzene rings is 1. The lowest BCUT2D eigenvalue weighted by molar-refractivity contribution is -0.889. The van der Waals surface area contributed by atoms with Crippen LogP contribution in [0.5, 0.6) is 0 Å². The number of carbonyl (C=O) groups is 2. The van der Waals surface area contributed by atoms with Gasteiger partial charge >= 0.3 is 0 Å². The zero-order valence-corrected chi connectivity index (χ0v) is 17.4. The van der Waals surface area contributed by atoms with Crippen LogP contribution in [0.4, 0.5) is 11.6 Å². The minimum absolute atomic E-state index is 0.0159. The number of nitrogens with two attached hydrogens (primary N) is 2. The van der Waals surface area contributed by atoms with Gasteiger partial charge < -0.3 is 26.6 Å². The molecular weight excluding hydrogens is 394 g/mol. The standard InChI is InChI=1S/C19H26ClN7O2/c1-27(2,11-6-9-23-18(28)13-7-4-3-5-8-13)12-10-24-19(29)14-16(21)26-17(22)15(20)25-14/h3-5,7-8H,6,9-12H2,1-2H3,(H5-,21,22,23,24,26,28,29)/p+1. The van der Waals surface area contributed by atoms with Crippen molar-refractivity contribution in [1.29, 1.82) is 0 Å². The summed E-state index contributed by atoms with van der Waals surface area (Å²) in [6.07, 6.45) is 0.811. The molecule has 0 radical (unpaired) electrons. The molecule has 9 nitrogen and oxygen atoms in total. The predicted molar refractivity (Wildman–Crippen MR) is 113 cm³/mol. The van der Waals surface area contributed by atoms with Crippen molar-refractivity contribution < 1.29 is 14.1 Å². The monoisotopic (exact) mass is 420 g/mol. The molecule has 156 valence electrons. The molecule has 0 aliphatic carbocycles. The Morgan fingerprint density at radius 2 is 1.62 bits per heavy atom. The lowest BCUT2D eigenvalue weighted by atomic mass is 10.2. The van der Waals surface area contributed by atoms with Crippen molar-refractivity contribution in [3.63, 3.8) is 0 Å². The van der Waals surface area contributed by atoms with E-state index in [0.717, 1.165) is 13.0 Å². The molecule has 0 aliphatic rings. The van der Waals surface area contributed by atoms with E-state index in [1.807, 2.05) is 18.2 Å². The predicted octanol–water partition coefficient (Wildman–Crippen LogP) is 0.921. The Bertz CT molecular complexity index is 859. The molecule has 2 rings (SSSR count). The third kappa shape index (κ3) is 6.88. The second-order valence-corrected chi connectivity index (χ2v) is 7.61. The van der Waals surface area contributed by atoms with Crippen LogP contribution in [0.1, 0.15) is 27.3 Å². The smallest absolute Gasteiger partial charge is 0.273 e. The molecule has 0 aliphatic heterocycles. The summed E-state index contributed by atoms with van der Waals surface area (Å²) in [6, 6.07) is 9.10. The first kappa shape index (κ1) is 22.4. The first-order chi connectivity index (χ1) is 13.7. The van der Waals surface area contributed by atoms with Gasteiger partial charge in [-0.3, -0.25) is 9.59 Å². The minimum Gasteiger partial charge on any atom is -0.382 e. The van der Waals surface area contributed by atoms with E-state index in [1.54, 1.807) is 12.1 Å². The average molecular weight is 421 g/mol. The fraction of sp³-hybridized carbons (Fsp3) is 0.368. The van der Waals surface area contributed by atoms with Crippen molar-refractivity contribution in [1.82, 2.24) is 20.6 Å². The first-order valence-electron chi connectivity index (χ1n) is 9.21. The Kier molecular flexibility index (Phi) is 7.74. The van der Waals surface area contributed by atoms with Gasteiger partial charge in [-0.05, 0) is 12.1 Å². The van der Waals surface area contributed by atoms with E-state index in [1.165, 1.54) is 0 Å². The highest BCUT2D eigenvalue weighted by Gasteiger charge is 2.18. The number of nitrogen functional groups attached to an aromatic ring is 2. The van der Waals surface area contributed by atoms with Crippen molar-refractivity contribution in [2.75, 3.05) is 51.7 Å². The number of amides is 2. The quantitative estimate of drug-likeness (QED) is 0.352. The van der Waals surface area contributed by atoms with Crippen LogP contribution in [-0.4, -0.2) is 66.5 Å². The number of anilines is 2. The summed E-state index contributed by atoms with van der Waals surface area (Å²) in [5.74, 6) is -0.610. The highest BCUT2D eigenvalue weighted by Crippen LogP contribution is 2.17. The van der Waals surface area contributed by atoms with Gasteiger partial charge in [0.25, 0.3) is 11.8 Å². The van der Waals surface area contributed by atoms with E-state index < -0.39 is 5.91 Å². The largest absolute Gasteiger partial charge is 0.382 e. The topological polar surface area (TPSA) is 136 Å². The Morgan fingerprint density at radius 1 is 0.966 bits per heavy atom. The number of likely N-dealkylation sites (N-methyl/N-ethyl adjacent to an activating group) is 1. The van der Waals surface area contributed by atoms with E-state index in [2.05, 4.69) is 34.7 Å². The van der Waals surface area contributed by atoms with Gasteiger partial charge in [-0.25, -0.2) is 9.97 Å². The normalized spacial score (nSPS) is 11.1. The molecule has 0 unspecified atom stereocenters. The number of hydrogen-bond donors (Lipinski definition) is 4. The molecule has 6 N–H and O–H groups in total. The minimum atomic E-state index is -0.452. The summed E-state index contributed by atoms with van der Waals surface area (Å²) in [7, 11) is 4.11. The van der Waals surface area contributed by atoms with Gasteiger partial charge in [-0.2, -0.15) is 0 Å². The molecule has 0 bridgehead atoms. The maximum atomic E-state index is 12.2. The summed E-state index contributed by atoms with van der Waals surface area (Å²) in [5, 5.41) is 5.62. The Balaban J connectivity index is 1.72.